The van der Waals surface area contributed by atoms with Gasteiger partial charge in [0.2, 0.25) is 0 Å². The Labute approximate surface area is 99.3 Å². The number of aromatic nitrogens is 4. The summed E-state index contributed by atoms with van der Waals surface area (Å²) >= 11 is 5.75. The van der Waals surface area contributed by atoms with Gasteiger partial charge in [0, 0.05) is 11.6 Å². The third-order valence-electron chi connectivity index (χ3n) is 2.21. The molecule has 84 valence electrons. The molecule has 0 aliphatic carbocycles. The Morgan fingerprint density at radius 1 is 1.19 bits per heavy atom. The summed E-state index contributed by atoms with van der Waals surface area (Å²) in [4.78, 5) is 8.30. The SMILES string of the molecule is CC(C)(C)c1ccnn1-c1ncc(Cl)cn1. The minimum atomic E-state index is -0.000500. The van der Waals surface area contributed by atoms with Crippen LogP contribution in [0.15, 0.2) is 24.7 Å². The minimum Gasteiger partial charge on any atom is -0.218 e. The number of hydrogen-bond donors (Lipinski definition) is 0. The second kappa shape index (κ2) is 3.87. The van der Waals surface area contributed by atoms with Crippen LogP contribution in [0.1, 0.15) is 26.5 Å². The van der Waals surface area contributed by atoms with Crippen LogP contribution in [0.25, 0.3) is 5.95 Å². The third kappa shape index (κ3) is 2.07. The zero-order chi connectivity index (χ0) is 11.8. The van der Waals surface area contributed by atoms with Crippen LogP contribution >= 0.6 is 11.6 Å². The van der Waals surface area contributed by atoms with Gasteiger partial charge in [-0.1, -0.05) is 32.4 Å². The number of nitrogens with zero attached hydrogens (tertiary/aromatic N) is 4. The van der Waals surface area contributed by atoms with E-state index in [1.165, 1.54) is 0 Å². The Kier molecular flexibility index (Phi) is 2.68. The predicted octanol–water partition coefficient (Wildman–Crippen LogP) is 2.61. The smallest absolute Gasteiger partial charge is 0.218 e. The average molecular weight is 237 g/mol. The fourth-order valence-electron chi connectivity index (χ4n) is 1.45. The van der Waals surface area contributed by atoms with Crippen LogP contribution in [0, 0.1) is 0 Å². The van der Waals surface area contributed by atoms with Crippen LogP contribution in [0.5, 0.6) is 0 Å². The van der Waals surface area contributed by atoms with E-state index < -0.39 is 0 Å². The molecule has 2 rings (SSSR count). The van der Waals surface area contributed by atoms with Gasteiger partial charge in [0.25, 0.3) is 5.95 Å². The van der Waals surface area contributed by atoms with Gasteiger partial charge in [0.05, 0.1) is 23.1 Å². The summed E-state index contributed by atoms with van der Waals surface area (Å²) in [6, 6.07) is 1.97. The first-order valence-corrected chi connectivity index (χ1v) is 5.39. The molecule has 0 N–H and O–H groups in total. The van der Waals surface area contributed by atoms with Crippen molar-refractivity contribution in [1.29, 1.82) is 0 Å². The normalized spacial score (nSPS) is 11.8. The highest BCUT2D eigenvalue weighted by Gasteiger charge is 2.20. The summed E-state index contributed by atoms with van der Waals surface area (Å²) in [5.41, 5.74) is 1.06. The monoisotopic (exact) mass is 236 g/mol. The molecule has 16 heavy (non-hydrogen) atoms. The van der Waals surface area contributed by atoms with E-state index >= 15 is 0 Å². The van der Waals surface area contributed by atoms with E-state index in [0.717, 1.165) is 5.69 Å². The zero-order valence-corrected chi connectivity index (χ0v) is 10.2. The molecule has 0 atom stereocenters. The van der Waals surface area contributed by atoms with Crippen molar-refractivity contribution in [3.8, 4) is 5.95 Å². The molecule has 0 spiro atoms. The van der Waals surface area contributed by atoms with Gasteiger partial charge in [-0.25, -0.2) is 14.6 Å². The molecule has 0 aliphatic heterocycles. The van der Waals surface area contributed by atoms with Crippen LogP contribution in [0.2, 0.25) is 5.02 Å². The molecular weight excluding hydrogens is 224 g/mol. The van der Waals surface area contributed by atoms with Crippen molar-refractivity contribution < 1.29 is 0 Å². The Hall–Kier alpha value is -1.42. The van der Waals surface area contributed by atoms with Gasteiger partial charge in [0.1, 0.15) is 0 Å². The largest absolute Gasteiger partial charge is 0.250 e. The first-order chi connectivity index (χ1) is 7.48. The molecule has 0 aromatic carbocycles. The number of rotatable bonds is 1. The number of hydrogen-bond acceptors (Lipinski definition) is 3. The molecule has 0 aliphatic rings. The highest BCUT2D eigenvalue weighted by molar-refractivity contribution is 6.30. The summed E-state index contributed by atoms with van der Waals surface area (Å²) in [6.45, 7) is 6.36. The molecule has 4 nitrogen and oxygen atoms in total. The van der Waals surface area contributed by atoms with Gasteiger partial charge in [0.15, 0.2) is 0 Å². The molecule has 0 unspecified atom stereocenters. The van der Waals surface area contributed by atoms with Gasteiger partial charge in [-0.05, 0) is 6.07 Å². The quantitative estimate of drug-likeness (QED) is 0.765. The van der Waals surface area contributed by atoms with Crippen LogP contribution in [-0.4, -0.2) is 19.7 Å². The van der Waals surface area contributed by atoms with Crippen molar-refractivity contribution in [3.63, 3.8) is 0 Å². The van der Waals surface area contributed by atoms with E-state index in [2.05, 4.69) is 35.8 Å². The van der Waals surface area contributed by atoms with Crippen molar-refractivity contribution >= 4 is 11.6 Å². The van der Waals surface area contributed by atoms with Crippen molar-refractivity contribution in [2.75, 3.05) is 0 Å². The molecule has 0 radical (unpaired) electrons. The zero-order valence-electron chi connectivity index (χ0n) is 9.48. The molecule has 2 aromatic heterocycles. The fraction of sp³-hybridized carbons (Fsp3) is 0.364. The Morgan fingerprint density at radius 2 is 1.81 bits per heavy atom. The van der Waals surface area contributed by atoms with E-state index in [1.807, 2.05) is 6.07 Å². The standard InChI is InChI=1S/C11H13ClN4/c1-11(2,3)9-4-5-15-16(9)10-13-6-8(12)7-14-10/h4-7H,1-3H3. The molecule has 0 fully saturated rings. The molecule has 0 amide bonds. The lowest BCUT2D eigenvalue weighted by Crippen LogP contribution is -2.18. The van der Waals surface area contributed by atoms with Crippen LogP contribution < -0.4 is 0 Å². The fourth-order valence-corrected chi connectivity index (χ4v) is 1.54. The third-order valence-corrected chi connectivity index (χ3v) is 2.40. The molecule has 2 heterocycles. The summed E-state index contributed by atoms with van der Waals surface area (Å²) in [5, 5.41) is 4.75. The molecular formula is C11H13ClN4. The van der Waals surface area contributed by atoms with Gasteiger partial charge in [-0.3, -0.25) is 0 Å². The van der Waals surface area contributed by atoms with Crippen molar-refractivity contribution in [3.05, 3.63) is 35.4 Å². The van der Waals surface area contributed by atoms with Crippen LogP contribution in [-0.2, 0) is 5.41 Å². The van der Waals surface area contributed by atoms with Gasteiger partial charge >= 0.3 is 0 Å². The van der Waals surface area contributed by atoms with Crippen molar-refractivity contribution in [1.82, 2.24) is 19.7 Å². The first-order valence-electron chi connectivity index (χ1n) is 5.01. The van der Waals surface area contributed by atoms with E-state index in [-0.39, 0.29) is 5.41 Å². The lowest BCUT2D eigenvalue weighted by Gasteiger charge is -2.19. The highest BCUT2D eigenvalue weighted by Crippen LogP contribution is 2.23. The van der Waals surface area contributed by atoms with E-state index in [9.17, 15) is 0 Å². The molecule has 0 saturated heterocycles. The molecule has 5 heteroatoms. The summed E-state index contributed by atoms with van der Waals surface area (Å²) in [6.07, 6.45) is 4.88. The Bertz CT molecular complexity index is 481. The van der Waals surface area contributed by atoms with Crippen LogP contribution in [0.4, 0.5) is 0 Å². The molecule has 0 saturated carbocycles. The summed E-state index contributed by atoms with van der Waals surface area (Å²) in [5.74, 6) is 0.541. The lowest BCUT2D eigenvalue weighted by molar-refractivity contribution is 0.537. The maximum Gasteiger partial charge on any atom is 0.250 e. The molecule has 0 bridgehead atoms. The van der Waals surface area contributed by atoms with Gasteiger partial charge in [-0.2, -0.15) is 5.10 Å². The second-order valence-corrected chi connectivity index (χ2v) is 5.02. The predicted molar refractivity (Wildman–Crippen MR) is 62.9 cm³/mol. The second-order valence-electron chi connectivity index (χ2n) is 4.58. The topological polar surface area (TPSA) is 43.6 Å². The lowest BCUT2D eigenvalue weighted by atomic mass is 9.92. The van der Waals surface area contributed by atoms with Gasteiger partial charge in [-0.15, -0.1) is 0 Å². The average Bonchev–Trinajstić information content (AvgIpc) is 2.66. The van der Waals surface area contributed by atoms with Crippen molar-refractivity contribution in [2.45, 2.75) is 26.2 Å². The van der Waals surface area contributed by atoms with E-state index in [0.29, 0.717) is 11.0 Å². The van der Waals surface area contributed by atoms with E-state index in [1.54, 1.807) is 23.3 Å². The van der Waals surface area contributed by atoms with E-state index in [4.69, 9.17) is 11.6 Å². The summed E-state index contributed by atoms with van der Waals surface area (Å²) in [7, 11) is 0. The Morgan fingerprint density at radius 3 is 2.38 bits per heavy atom. The maximum absolute atomic E-state index is 5.75. The summed E-state index contributed by atoms with van der Waals surface area (Å²) < 4.78 is 1.73. The first kappa shape index (κ1) is 11.1. The van der Waals surface area contributed by atoms with Crippen molar-refractivity contribution in [2.24, 2.45) is 0 Å². The minimum absolute atomic E-state index is 0.000500. The van der Waals surface area contributed by atoms with Gasteiger partial charge < -0.3 is 0 Å². The maximum atomic E-state index is 5.75. The molecule has 2 aromatic rings. The van der Waals surface area contributed by atoms with Crippen LogP contribution in [0.3, 0.4) is 0 Å². The highest BCUT2D eigenvalue weighted by atomic mass is 35.5. The number of halogens is 1. The Balaban J connectivity index is 2.49.